The van der Waals surface area contributed by atoms with Gasteiger partial charge in [-0.05, 0) is 78.9 Å². The van der Waals surface area contributed by atoms with E-state index in [4.69, 9.17) is 27.9 Å². The van der Waals surface area contributed by atoms with Gasteiger partial charge in [0.1, 0.15) is 5.82 Å². The lowest BCUT2D eigenvalue weighted by Gasteiger charge is -2.50. The van der Waals surface area contributed by atoms with Crippen LogP contribution in [-0.2, 0) is 19.2 Å². The zero-order chi connectivity index (χ0) is 33.6. The third kappa shape index (κ3) is 4.19. The maximum absolute atomic E-state index is 14.4. The zero-order valence-corrected chi connectivity index (χ0v) is 26.0. The number of fused-ring (bicyclic) bond motifs is 4. The van der Waals surface area contributed by atoms with E-state index in [2.05, 4.69) is 0 Å². The summed E-state index contributed by atoms with van der Waals surface area (Å²) in [5.41, 5.74) is 0.893. The number of halogens is 3. The Hall–Kier alpha value is -4.74. The van der Waals surface area contributed by atoms with E-state index in [1.807, 2.05) is 0 Å². The predicted octanol–water partition coefficient (Wildman–Crippen LogP) is 5.01. The summed E-state index contributed by atoms with van der Waals surface area (Å²) in [6.07, 6.45) is 1.55. The van der Waals surface area contributed by atoms with Gasteiger partial charge in [-0.2, -0.15) is 0 Å². The summed E-state index contributed by atoms with van der Waals surface area (Å²) < 4.78 is 19.2. The first-order chi connectivity index (χ1) is 22.3. The largest absolute Gasteiger partial charge is 0.504 e. The van der Waals surface area contributed by atoms with Gasteiger partial charge in [0.15, 0.2) is 21.2 Å². The molecular weight excluding hydrogens is 654 g/mol. The Morgan fingerprint density at radius 2 is 1.64 bits per heavy atom. The zero-order valence-electron chi connectivity index (χ0n) is 24.5. The van der Waals surface area contributed by atoms with Crippen LogP contribution in [0.4, 0.5) is 15.8 Å². The summed E-state index contributed by atoms with van der Waals surface area (Å²) in [5, 5.41) is 19.9. The van der Waals surface area contributed by atoms with E-state index in [1.165, 1.54) is 61.7 Å². The fourth-order valence-corrected chi connectivity index (χ4v) is 8.61. The smallest absolute Gasteiger partial charge is 0.335 e. The van der Waals surface area contributed by atoms with Crippen LogP contribution in [0.2, 0.25) is 0 Å². The highest BCUT2D eigenvalue weighted by atomic mass is 35.5. The van der Waals surface area contributed by atoms with Gasteiger partial charge in [-0.1, -0.05) is 23.8 Å². The number of ether oxygens (including phenoxy) is 1. The molecule has 240 valence electrons. The lowest BCUT2D eigenvalue weighted by molar-refractivity contribution is -0.125. The molecule has 2 aliphatic carbocycles. The Labute approximate surface area is 276 Å². The summed E-state index contributed by atoms with van der Waals surface area (Å²) in [5.74, 6) is -8.68. The number of carboxylic acids is 1. The number of carboxylic acid groups (broad SMARTS) is 1. The van der Waals surface area contributed by atoms with Crippen LogP contribution < -0.4 is 14.5 Å². The van der Waals surface area contributed by atoms with Crippen LogP contribution in [0.25, 0.3) is 0 Å². The van der Waals surface area contributed by atoms with Gasteiger partial charge in [0.05, 0.1) is 35.9 Å². The van der Waals surface area contributed by atoms with Crippen LogP contribution in [-0.4, -0.2) is 56.7 Å². The molecule has 0 aromatic heterocycles. The second-order valence-corrected chi connectivity index (χ2v) is 13.3. The first-order valence-electron chi connectivity index (χ1n) is 14.6. The molecule has 10 nitrogen and oxygen atoms in total. The number of carbonyl (C=O) groups is 5. The highest BCUT2D eigenvalue weighted by molar-refractivity contribution is 6.58. The third-order valence-corrected chi connectivity index (χ3v) is 11.2. The van der Waals surface area contributed by atoms with Crippen molar-refractivity contribution in [3.63, 3.8) is 0 Å². The monoisotopic (exact) mass is 678 g/mol. The van der Waals surface area contributed by atoms with Gasteiger partial charge in [-0.25, -0.2) is 14.1 Å². The van der Waals surface area contributed by atoms with Crippen LogP contribution in [0.15, 0.2) is 78.4 Å². The summed E-state index contributed by atoms with van der Waals surface area (Å²) in [6.45, 7) is 0. The molecule has 6 atom stereocenters. The van der Waals surface area contributed by atoms with Crippen molar-refractivity contribution in [3.8, 4) is 11.5 Å². The maximum Gasteiger partial charge on any atom is 0.335 e. The van der Waals surface area contributed by atoms with Gasteiger partial charge < -0.3 is 14.9 Å². The summed E-state index contributed by atoms with van der Waals surface area (Å²) in [6, 6.07) is 14.5. The molecule has 6 unspecified atom stereocenters. The molecule has 2 saturated heterocycles. The quantitative estimate of drug-likeness (QED) is 0.218. The molecule has 0 radical (unpaired) electrons. The van der Waals surface area contributed by atoms with Gasteiger partial charge in [-0.15, -0.1) is 23.2 Å². The average Bonchev–Trinajstić information content (AvgIpc) is 3.39. The number of amides is 4. The lowest BCUT2D eigenvalue weighted by Crippen LogP contribution is -2.60. The van der Waals surface area contributed by atoms with Crippen molar-refractivity contribution in [3.05, 3.63) is 95.3 Å². The molecule has 4 aliphatic rings. The molecule has 2 aliphatic heterocycles. The van der Waals surface area contributed by atoms with Gasteiger partial charge in [-0.3, -0.25) is 24.1 Å². The first kappa shape index (κ1) is 30.9. The fraction of sp³-hybridized carbons (Fsp3) is 0.265. The normalized spacial score (nSPS) is 29.7. The number of anilines is 2. The molecule has 2 heterocycles. The number of hydrogen-bond acceptors (Lipinski definition) is 7. The molecule has 2 N–H and O–H groups in total. The number of alkyl halides is 2. The Balaban J connectivity index is 1.39. The van der Waals surface area contributed by atoms with Crippen molar-refractivity contribution in [1.29, 1.82) is 0 Å². The maximum atomic E-state index is 14.4. The lowest BCUT2D eigenvalue weighted by atomic mass is 9.56. The number of imide groups is 2. The minimum Gasteiger partial charge on any atom is -0.504 e. The van der Waals surface area contributed by atoms with Crippen molar-refractivity contribution >= 4 is 64.2 Å². The van der Waals surface area contributed by atoms with Crippen molar-refractivity contribution in [2.45, 2.75) is 28.5 Å². The Morgan fingerprint density at radius 3 is 2.32 bits per heavy atom. The number of phenolic OH excluding ortho intramolecular Hbond substituents is 1. The SMILES string of the molecule is COc1cc(C2C3=CCC4C(=O)N(c5cccc(C(=O)O)c5)C(=O)C4C3CC3(Cl)C(=O)N(c4ccc(F)cc4)C(=O)C23Cl)ccc1O. The molecule has 7 rings (SSSR count). The van der Waals surface area contributed by atoms with Crippen molar-refractivity contribution in [2.75, 3.05) is 16.9 Å². The van der Waals surface area contributed by atoms with E-state index < -0.39 is 68.8 Å². The summed E-state index contributed by atoms with van der Waals surface area (Å²) in [7, 11) is 1.34. The van der Waals surface area contributed by atoms with E-state index in [-0.39, 0.29) is 41.3 Å². The van der Waals surface area contributed by atoms with Crippen LogP contribution in [0.1, 0.15) is 34.7 Å². The van der Waals surface area contributed by atoms with Crippen LogP contribution >= 0.6 is 23.2 Å². The van der Waals surface area contributed by atoms with Gasteiger partial charge in [0, 0.05) is 5.92 Å². The number of rotatable bonds is 5. The van der Waals surface area contributed by atoms with Gasteiger partial charge in [0.2, 0.25) is 11.8 Å². The molecule has 3 fully saturated rings. The number of aromatic carboxylic acids is 1. The van der Waals surface area contributed by atoms with Crippen LogP contribution in [0.3, 0.4) is 0 Å². The van der Waals surface area contributed by atoms with Gasteiger partial charge >= 0.3 is 5.97 Å². The second-order valence-electron chi connectivity index (χ2n) is 12.0. The molecule has 47 heavy (non-hydrogen) atoms. The summed E-state index contributed by atoms with van der Waals surface area (Å²) in [4.78, 5) is 65.9. The second kappa shape index (κ2) is 10.6. The fourth-order valence-electron chi connectivity index (χ4n) is 7.68. The number of benzene rings is 3. The minimum absolute atomic E-state index is 0.0457. The number of allylic oxidation sites excluding steroid dienone is 2. The number of hydrogen-bond donors (Lipinski definition) is 2. The van der Waals surface area contributed by atoms with E-state index >= 15 is 0 Å². The standard InChI is InChI=1S/C34H25Cl2FN2O8/c1-47-25-14-16(5-12-24(25)40)27-21-10-11-22-26(29(42)38(28(22)41)20-4-2-3-17(13-20)30(43)44)23(21)15-33(35)31(45)39(32(46)34(27,33)36)19-8-6-18(37)7-9-19/h2-10,12-14,22-23,26-27,40H,11,15H2,1H3,(H,43,44). The third-order valence-electron chi connectivity index (χ3n) is 9.78. The number of methoxy groups -OCH3 is 1. The van der Waals surface area contributed by atoms with E-state index in [0.717, 1.165) is 21.9 Å². The molecule has 4 amide bonds. The van der Waals surface area contributed by atoms with Crippen molar-refractivity contribution in [1.82, 2.24) is 0 Å². The number of nitrogens with zero attached hydrogens (tertiary/aromatic N) is 2. The predicted molar refractivity (Wildman–Crippen MR) is 167 cm³/mol. The molecule has 0 bridgehead atoms. The Morgan fingerprint density at radius 1 is 0.915 bits per heavy atom. The number of aromatic hydroxyl groups is 1. The van der Waals surface area contributed by atoms with E-state index in [0.29, 0.717) is 11.1 Å². The first-order valence-corrected chi connectivity index (χ1v) is 15.4. The van der Waals surface area contributed by atoms with E-state index in [1.54, 1.807) is 6.08 Å². The van der Waals surface area contributed by atoms with Crippen molar-refractivity contribution in [2.24, 2.45) is 17.8 Å². The Kier molecular flexibility index (Phi) is 7.00. The van der Waals surface area contributed by atoms with Crippen molar-refractivity contribution < 1.29 is 43.3 Å². The summed E-state index contributed by atoms with van der Waals surface area (Å²) >= 11 is 14.7. The highest BCUT2D eigenvalue weighted by Gasteiger charge is 2.76. The minimum atomic E-state index is -2.15. The highest BCUT2D eigenvalue weighted by Crippen LogP contribution is 2.66. The van der Waals surface area contributed by atoms with Crippen LogP contribution in [0.5, 0.6) is 11.5 Å². The molecular formula is C34H25Cl2FN2O8. The Bertz CT molecular complexity index is 1950. The van der Waals surface area contributed by atoms with Crippen LogP contribution in [0, 0.1) is 23.6 Å². The average molecular weight is 679 g/mol. The number of carbonyl (C=O) groups excluding carboxylic acids is 4. The number of phenols is 1. The molecule has 1 saturated carbocycles. The van der Waals surface area contributed by atoms with Gasteiger partial charge in [0.25, 0.3) is 11.8 Å². The molecule has 3 aromatic rings. The molecule has 13 heteroatoms. The molecule has 3 aromatic carbocycles. The van der Waals surface area contributed by atoms with E-state index in [9.17, 15) is 38.6 Å². The topological polar surface area (TPSA) is 142 Å². The molecule has 0 spiro atoms.